The molecule has 0 radical (unpaired) electrons. The summed E-state index contributed by atoms with van der Waals surface area (Å²) in [5, 5.41) is 0. The maximum atomic E-state index is 12.2. The lowest BCUT2D eigenvalue weighted by atomic mass is 9.68. The molecule has 0 N–H and O–H groups in total. The minimum atomic E-state index is -0.331. The van der Waals surface area contributed by atoms with Gasteiger partial charge in [-0.15, -0.1) is 0 Å². The van der Waals surface area contributed by atoms with Crippen molar-refractivity contribution in [3.05, 3.63) is 0 Å². The zero-order valence-corrected chi connectivity index (χ0v) is 11.9. The molecule has 0 aromatic carbocycles. The lowest BCUT2D eigenvalue weighted by Gasteiger charge is -2.35. The molecule has 2 aliphatic rings. The third kappa shape index (κ3) is 2.87. The molecule has 18 heavy (non-hydrogen) atoms. The maximum absolute atomic E-state index is 12.2. The monoisotopic (exact) mass is 254 g/mol. The summed E-state index contributed by atoms with van der Waals surface area (Å²) in [6, 6.07) is 0. The number of unbranched alkanes of at least 4 members (excludes halogenated alkanes) is 3. The summed E-state index contributed by atoms with van der Waals surface area (Å²) in [5.74, 6) is 0.352. The van der Waals surface area contributed by atoms with Crippen LogP contribution < -0.4 is 0 Å². The van der Waals surface area contributed by atoms with E-state index in [2.05, 4.69) is 13.8 Å². The molecule has 4 atom stereocenters. The number of esters is 1. The van der Waals surface area contributed by atoms with E-state index in [-0.39, 0.29) is 11.4 Å². The Morgan fingerprint density at radius 3 is 2.83 bits per heavy atom. The van der Waals surface area contributed by atoms with Gasteiger partial charge in [-0.25, -0.2) is 0 Å². The van der Waals surface area contributed by atoms with Gasteiger partial charge in [0.25, 0.3) is 0 Å². The van der Waals surface area contributed by atoms with E-state index in [1.54, 1.807) is 0 Å². The van der Waals surface area contributed by atoms with Gasteiger partial charge in [0, 0.05) is 0 Å². The van der Waals surface area contributed by atoms with Gasteiger partial charge >= 0.3 is 5.97 Å². The van der Waals surface area contributed by atoms with Crippen LogP contribution in [0.2, 0.25) is 0 Å². The summed E-state index contributed by atoms with van der Waals surface area (Å²) < 4.78 is 11.0. The number of fused-ring (bicyclic) bond motifs is 1. The average molecular weight is 254 g/mol. The van der Waals surface area contributed by atoms with Gasteiger partial charge in [-0.05, 0) is 32.1 Å². The van der Waals surface area contributed by atoms with Gasteiger partial charge in [-0.3, -0.25) is 4.79 Å². The molecule has 1 aliphatic heterocycles. The number of hydrogen-bond donors (Lipinski definition) is 0. The molecule has 0 amide bonds. The molecule has 3 nitrogen and oxygen atoms in total. The van der Waals surface area contributed by atoms with Gasteiger partial charge in [0.1, 0.15) is 0 Å². The number of epoxide rings is 1. The van der Waals surface area contributed by atoms with E-state index in [4.69, 9.17) is 9.47 Å². The summed E-state index contributed by atoms with van der Waals surface area (Å²) in [6.07, 6.45) is 7.17. The Labute approximate surface area is 110 Å². The highest BCUT2D eigenvalue weighted by atomic mass is 16.6. The third-order valence-electron chi connectivity index (χ3n) is 4.68. The molecule has 1 saturated carbocycles. The zero-order chi connectivity index (χ0) is 13.2. The van der Waals surface area contributed by atoms with Crippen LogP contribution in [0.15, 0.2) is 0 Å². The Kier molecular flexibility index (Phi) is 4.31. The first-order valence-corrected chi connectivity index (χ1v) is 7.40. The molecule has 1 saturated heterocycles. The van der Waals surface area contributed by atoms with Crippen LogP contribution in [-0.2, 0) is 14.3 Å². The number of hydrogen-bond acceptors (Lipinski definition) is 3. The highest BCUT2D eigenvalue weighted by Crippen LogP contribution is 2.50. The van der Waals surface area contributed by atoms with E-state index >= 15 is 0 Å². The van der Waals surface area contributed by atoms with Crippen molar-refractivity contribution >= 4 is 5.97 Å². The second-order valence-electron chi connectivity index (χ2n) is 6.17. The average Bonchev–Trinajstić information content (AvgIpc) is 3.06. The van der Waals surface area contributed by atoms with Crippen LogP contribution in [0.5, 0.6) is 0 Å². The molecular formula is C15H26O3. The van der Waals surface area contributed by atoms with Crippen molar-refractivity contribution in [2.45, 2.75) is 71.5 Å². The summed E-state index contributed by atoms with van der Waals surface area (Å²) in [4.78, 5) is 12.2. The Balaban J connectivity index is 1.76. The first-order valence-electron chi connectivity index (χ1n) is 7.40. The van der Waals surface area contributed by atoms with Gasteiger partial charge in [-0.2, -0.15) is 0 Å². The van der Waals surface area contributed by atoms with E-state index in [0.717, 1.165) is 25.7 Å². The van der Waals surface area contributed by atoms with Crippen molar-refractivity contribution in [1.29, 1.82) is 0 Å². The highest BCUT2D eigenvalue weighted by Gasteiger charge is 2.55. The molecule has 4 unspecified atom stereocenters. The van der Waals surface area contributed by atoms with Crippen LogP contribution in [0.1, 0.15) is 59.3 Å². The number of rotatable bonds is 6. The first kappa shape index (κ1) is 13.9. The van der Waals surface area contributed by atoms with Crippen molar-refractivity contribution in [3.8, 4) is 0 Å². The minimum absolute atomic E-state index is 0.0135. The van der Waals surface area contributed by atoms with Crippen molar-refractivity contribution < 1.29 is 14.3 Å². The van der Waals surface area contributed by atoms with Crippen LogP contribution >= 0.6 is 0 Å². The second kappa shape index (κ2) is 5.60. The number of carbonyl (C=O) groups excluding carboxylic acids is 1. The van der Waals surface area contributed by atoms with Crippen molar-refractivity contribution in [3.63, 3.8) is 0 Å². The Morgan fingerprint density at radius 2 is 2.11 bits per heavy atom. The number of ether oxygens (including phenoxy) is 2. The van der Waals surface area contributed by atoms with Crippen LogP contribution in [0, 0.1) is 11.3 Å². The molecule has 0 aromatic heterocycles. The summed E-state index contributed by atoms with van der Waals surface area (Å²) in [6.45, 7) is 6.96. The second-order valence-corrected chi connectivity index (χ2v) is 6.17. The lowest BCUT2D eigenvalue weighted by Crippen LogP contribution is -2.41. The molecular weight excluding hydrogens is 228 g/mol. The fourth-order valence-electron chi connectivity index (χ4n) is 2.94. The Morgan fingerprint density at radius 1 is 1.33 bits per heavy atom. The fourth-order valence-corrected chi connectivity index (χ4v) is 2.94. The molecule has 0 spiro atoms. The number of carbonyl (C=O) groups is 1. The molecule has 1 aliphatic carbocycles. The largest absolute Gasteiger partial charge is 0.465 e. The van der Waals surface area contributed by atoms with Gasteiger partial charge in [-0.1, -0.05) is 33.1 Å². The molecule has 0 aromatic rings. The zero-order valence-electron chi connectivity index (χ0n) is 11.9. The normalized spacial score (nSPS) is 38.1. The summed E-state index contributed by atoms with van der Waals surface area (Å²) in [7, 11) is 0. The van der Waals surface area contributed by atoms with Gasteiger partial charge in [0.2, 0.25) is 0 Å². The predicted octanol–water partition coefficient (Wildman–Crippen LogP) is 3.31. The molecule has 2 rings (SSSR count). The Bertz CT molecular complexity index is 302. The minimum Gasteiger partial charge on any atom is -0.465 e. The molecule has 3 heteroatoms. The van der Waals surface area contributed by atoms with Crippen LogP contribution in [0.3, 0.4) is 0 Å². The molecule has 104 valence electrons. The van der Waals surface area contributed by atoms with Gasteiger partial charge in [0.05, 0.1) is 24.2 Å². The van der Waals surface area contributed by atoms with E-state index in [0.29, 0.717) is 24.7 Å². The lowest BCUT2D eigenvalue weighted by molar-refractivity contribution is -0.159. The van der Waals surface area contributed by atoms with Crippen molar-refractivity contribution in [1.82, 2.24) is 0 Å². The van der Waals surface area contributed by atoms with Crippen LogP contribution in [-0.4, -0.2) is 24.8 Å². The van der Waals surface area contributed by atoms with Gasteiger partial charge in [0.15, 0.2) is 0 Å². The standard InChI is InChI=1S/C15H26O3/c1-4-5-6-7-8-17-14(16)15(3)10-13-12(18-13)9-11(15)2/h11-13H,4-10H2,1-3H3. The molecule has 1 heterocycles. The highest BCUT2D eigenvalue weighted by molar-refractivity contribution is 5.77. The fraction of sp³-hybridized carbons (Fsp3) is 0.933. The maximum Gasteiger partial charge on any atom is 0.312 e. The van der Waals surface area contributed by atoms with E-state index in [1.165, 1.54) is 12.8 Å². The summed E-state index contributed by atoms with van der Waals surface area (Å²) in [5.41, 5.74) is -0.331. The Hall–Kier alpha value is -0.570. The van der Waals surface area contributed by atoms with Crippen molar-refractivity contribution in [2.24, 2.45) is 11.3 Å². The van der Waals surface area contributed by atoms with Crippen molar-refractivity contribution in [2.75, 3.05) is 6.61 Å². The van der Waals surface area contributed by atoms with E-state index < -0.39 is 0 Å². The SMILES string of the molecule is CCCCCCOC(=O)C1(C)CC2OC2CC1C. The topological polar surface area (TPSA) is 38.8 Å². The predicted molar refractivity (Wildman–Crippen MR) is 70.3 cm³/mol. The van der Waals surface area contributed by atoms with Crippen LogP contribution in [0.25, 0.3) is 0 Å². The van der Waals surface area contributed by atoms with E-state index in [9.17, 15) is 4.79 Å². The van der Waals surface area contributed by atoms with Crippen LogP contribution in [0.4, 0.5) is 0 Å². The molecule has 2 fully saturated rings. The summed E-state index contributed by atoms with van der Waals surface area (Å²) >= 11 is 0. The smallest absolute Gasteiger partial charge is 0.312 e. The van der Waals surface area contributed by atoms with Gasteiger partial charge < -0.3 is 9.47 Å². The van der Waals surface area contributed by atoms with E-state index in [1.807, 2.05) is 6.92 Å². The first-order chi connectivity index (χ1) is 8.58. The third-order valence-corrected chi connectivity index (χ3v) is 4.68. The molecule has 0 bridgehead atoms. The quantitative estimate of drug-likeness (QED) is 0.414.